The number of rotatable bonds is 1. The molecule has 0 saturated heterocycles. The Kier molecular flexibility index (Phi) is 1.40. The van der Waals surface area contributed by atoms with Gasteiger partial charge in [0.15, 0.2) is 5.06 Å². The second-order valence-corrected chi connectivity index (χ2v) is 2.51. The Bertz CT molecular complexity index is 228. The van der Waals surface area contributed by atoms with E-state index in [1.807, 2.05) is 0 Å². The highest BCUT2D eigenvalue weighted by atomic mass is 32.1. The first-order valence-electron chi connectivity index (χ1n) is 2.22. The normalized spacial score (nSPS) is 9.33. The fourth-order valence-electron chi connectivity index (χ4n) is 0.443. The third-order valence-electron chi connectivity index (χ3n) is 0.803. The molecule has 0 atom stereocenters. The highest BCUT2D eigenvalue weighted by molar-refractivity contribution is 7.15. The average Bonchev–Trinajstić information content (AvgIpc) is 2.14. The van der Waals surface area contributed by atoms with Gasteiger partial charge < -0.3 is 10.2 Å². The molecule has 4 heteroatoms. The minimum Gasteiger partial charge on any atom is -0.499 e. The van der Waals surface area contributed by atoms with Crippen molar-refractivity contribution in [3.05, 3.63) is 17.0 Å². The van der Waals surface area contributed by atoms with Crippen LogP contribution < -0.4 is 0 Å². The fraction of sp³-hybridized carbons (Fsp3) is 0. The van der Waals surface area contributed by atoms with Gasteiger partial charge >= 0.3 is 5.97 Å². The molecule has 1 aromatic heterocycles. The first-order chi connectivity index (χ1) is 4.20. The van der Waals surface area contributed by atoms with Crippen LogP contribution in [0.1, 0.15) is 9.67 Å². The molecule has 0 aromatic carbocycles. The van der Waals surface area contributed by atoms with E-state index in [9.17, 15) is 4.79 Å². The van der Waals surface area contributed by atoms with Crippen molar-refractivity contribution in [1.29, 1.82) is 0 Å². The van der Waals surface area contributed by atoms with Crippen LogP contribution in [-0.2, 0) is 0 Å². The van der Waals surface area contributed by atoms with Crippen LogP contribution in [0.3, 0.4) is 0 Å². The van der Waals surface area contributed by atoms with Crippen molar-refractivity contribution in [1.82, 2.24) is 0 Å². The van der Waals surface area contributed by atoms with Gasteiger partial charge in [0, 0.05) is 0 Å². The molecule has 2 N–H and O–H groups in total. The van der Waals surface area contributed by atoms with Crippen LogP contribution in [0.2, 0.25) is 0 Å². The third kappa shape index (κ3) is 1.20. The van der Waals surface area contributed by atoms with Crippen LogP contribution >= 0.6 is 11.3 Å². The molecule has 1 rings (SSSR count). The summed E-state index contributed by atoms with van der Waals surface area (Å²) in [6, 6.07) is 2.72. The van der Waals surface area contributed by atoms with Crippen LogP contribution in [-0.4, -0.2) is 16.2 Å². The minimum atomic E-state index is -1.000. The molecule has 1 aromatic rings. The van der Waals surface area contributed by atoms with Gasteiger partial charge in [0.25, 0.3) is 0 Å². The largest absolute Gasteiger partial charge is 0.499 e. The maximum atomic E-state index is 10.1. The van der Waals surface area contributed by atoms with Gasteiger partial charge in [-0.15, -0.1) is 0 Å². The van der Waals surface area contributed by atoms with Crippen LogP contribution in [0, 0.1) is 0 Å². The summed E-state index contributed by atoms with van der Waals surface area (Å²) in [5, 5.41) is 17.0. The van der Waals surface area contributed by atoms with Gasteiger partial charge in [-0.05, 0) is 12.1 Å². The summed E-state index contributed by atoms with van der Waals surface area (Å²) in [5.41, 5.74) is 0. The second kappa shape index (κ2) is 2.06. The van der Waals surface area contributed by atoms with Gasteiger partial charge in [-0.3, -0.25) is 0 Å². The number of carboxylic acids is 1. The fourth-order valence-corrected chi connectivity index (χ4v) is 1.03. The van der Waals surface area contributed by atoms with Gasteiger partial charge in [-0.1, -0.05) is 11.3 Å². The molecule has 48 valence electrons. The number of aromatic hydroxyl groups is 1. The first kappa shape index (κ1) is 6.10. The van der Waals surface area contributed by atoms with Gasteiger partial charge in [0.2, 0.25) is 0 Å². The first-order valence-corrected chi connectivity index (χ1v) is 3.04. The molecule has 0 aliphatic rings. The molecule has 0 aliphatic heterocycles. The topological polar surface area (TPSA) is 57.5 Å². The smallest absolute Gasteiger partial charge is 0.345 e. The van der Waals surface area contributed by atoms with Crippen LogP contribution in [0.15, 0.2) is 12.1 Å². The summed E-state index contributed by atoms with van der Waals surface area (Å²) in [6.07, 6.45) is 0. The third-order valence-corrected chi connectivity index (χ3v) is 1.68. The standard InChI is InChI=1S/C5H4O3S/c6-4-2-1-3(9-4)5(7)8/h1-2,6H,(H,7,8). The summed E-state index contributed by atoms with van der Waals surface area (Å²) in [6.45, 7) is 0. The lowest BCUT2D eigenvalue weighted by Crippen LogP contribution is -1.89. The van der Waals surface area contributed by atoms with Gasteiger partial charge in [0.1, 0.15) is 4.88 Å². The molecule has 0 saturated carbocycles. The zero-order valence-electron chi connectivity index (χ0n) is 4.37. The Morgan fingerprint density at radius 1 is 1.56 bits per heavy atom. The quantitative estimate of drug-likeness (QED) is 0.621. The number of hydrogen-bond donors (Lipinski definition) is 2. The average molecular weight is 144 g/mol. The molecule has 0 aliphatic carbocycles. The Morgan fingerprint density at radius 2 is 2.22 bits per heavy atom. The van der Waals surface area contributed by atoms with Crippen molar-refractivity contribution < 1.29 is 15.0 Å². The molecule has 0 fully saturated rings. The molecule has 0 spiro atoms. The van der Waals surface area contributed by atoms with Gasteiger partial charge in [0.05, 0.1) is 0 Å². The number of aromatic carboxylic acids is 1. The molecular weight excluding hydrogens is 140 g/mol. The van der Waals surface area contributed by atoms with Crippen molar-refractivity contribution >= 4 is 17.3 Å². The van der Waals surface area contributed by atoms with Gasteiger partial charge in [-0.25, -0.2) is 4.79 Å². The second-order valence-electron chi connectivity index (χ2n) is 1.44. The monoisotopic (exact) mass is 144 g/mol. The van der Waals surface area contributed by atoms with Crippen LogP contribution in [0.4, 0.5) is 0 Å². The van der Waals surface area contributed by atoms with E-state index in [4.69, 9.17) is 10.2 Å². The van der Waals surface area contributed by atoms with E-state index in [-0.39, 0.29) is 9.94 Å². The SMILES string of the molecule is O=C(O)c1ccc(O)s1. The van der Waals surface area contributed by atoms with Crippen molar-refractivity contribution in [3.8, 4) is 5.06 Å². The zero-order chi connectivity index (χ0) is 6.85. The lowest BCUT2D eigenvalue weighted by molar-refractivity contribution is 0.0702. The van der Waals surface area contributed by atoms with E-state index >= 15 is 0 Å². The maximum absolute atomic E-state index is 10.1. The van der Waals surface area contributed by atoms with E-state index in [1.54, 1.807) is 0 Å². The molecule has 1 heterocycles. The Morgan fingerprint density at radius 3 is 2.44 bits per heavy atom. The van der Waals surface area contributed by atoms with Crippen LogP contribution in [0.25, 0.3) is 0 Å². The number of carbonyl (C=O) groups is 1. The van der Waals surface area contributed by atoms with Crippen molar-refractivity contribution in [2.24, 2.45) is 0 Å². The minimum absolute atomic E-state index is 0.0346. The summed E-state index contributed by atoms with van der Waals surface area (Å²) in [4.78, 5) is 10.3. The summed E-state index contributed by atoms with van der Waals surface area (Å²) in [7, 11) is 0. The molecule has 0 amide bonds. The molecule has 0 bridgehead atoms. The Balaban J connectivity index is 2.98. The molecule has 9 heavy (non-hydrogen) atoms. The van der Waals surface area contributed by atoms with E-state index in [0.717, 1.165) is 11.3 Å². The van der Waals surface area contributed by atoms with Crippen LogP contribution in [0.5, 0.6) is 5.06 Å². The van der Waals surface area contributed by atoms with E-state index in [0.29, 0.717) is 0 Å². The lowest BCUT2D eigenvalue weighted by Gasteiger charge is -1.79. The van der Waals surface area contributed by atoms with Crippen molar-refractivity contribution in [2.45, 2.75) is 0 Å². The predicted molar refractivity (Wildman–Crippen MR) is 32.9 cm³/mol. The Labute approximate surface area is 55.2 Å². The van der Waals surface area contributed by atoms with E-state index in [2.05, 4.69) is 0 Å². The number of thiophene rings is 1. The molecular formula is C5H4O3S. The zero-order valence-corrected chi connectivity index (χ0v) is 5.18. The summed E-state index contributed by atoms with van der Waals surface area (Å²) >= 11 is 0.852. The van der Waals surface area contributed by atoms with Crippen molar-refractivity contribution in [3.63, 3.8) is 0 Å². The molecule has 0 radical (unpaired) electrons. The highest BCUT2D eigenvalue weighted by Gasteiger charge is 2.04. The summed E-state index contributed by atoms with van der Waals surface area (Å²) in [5.74, 6) is -1.000. The summed E-state index contributed by atoms with van der Waals surface area (Å²) < 4.78 is 0. The highest BCUT2D eigenvalue weighted by Crippen LogP contribution is 2.21. The van der Waals surface area contributed by atoms with Gasteiger partial charge in [-0.2, -0.15) is 0 Å². The van der Waals surface area contributed by atoms with E-state index in [1.165, 1.54) is 12.1 Å². The number of carboxylic acid groups (broad SMARTS) is 1. The predicted octanol–water partition coefficient (Wildman–Crippen LogP) is 1.15. The van der Waals surface area contributed by atoms with E-state index < -0.39 is 5.97 Å². The lowest BCUT2D eigenvalue weighted by atomic mass is 10.5. The maximum Gasteiger partial charge on any atom is 0.345 e. The molecule has 0 unspecified atom stereocenters. The molecule has 3 nitrogen and oxygen atoms in total. The Hall–Kier alpha value is -1.03. The number of hydrogen-bond acceptors (Lipinski definition) is 3. The van der Waals surface area contributed by atoms with Crippen molar-refractivity contribution in [2.75, 3.05) is 0 Å².